The molecule has 5 nitrogen and oxygen atoms in total. The van der Waals surface area contributed by atoms with E-state index in [-0.39, 0.29) is 18.9 Å². The van der Waals surface area contributed by atoms with E-state index < -0.39 is 6.09 Å². The molecule has 1 heterocycles. The summed E-state index contributed by atoms with van der Waals surface area (Å²) in [6, 6.07) is 5.45. The summed E-state index contributed by atoms with van der Waals surface area (Å²) in [5.41, 5.74) is 1.85. The Balaban J connectivity index is 2.31. The van der Waals surface area contributed by atoms with Crippen LogP contribution in [0.4, 0.5) is 4.79 Å². The van der Waals surface area contributed by atoms with Gasteiger partial charge in [-0.1, -0.05) is 6.07 Å². The second-order valence-electron chi connectivity index (χ2n) is 3.89. The summed E-state index contributed by atoms with van der Waals surface area (Å²) in [6.07, 6.45) is -0.522. The molecule has 1 aliphatic rings. The molecule has 1 aliphatic heterocycles. The second kappa shape index (κ2) is 4.45. The first-order valence-electron chi connectivity index (χ1n) is 5.31. The lowest BCUT2D eigenvalue weighted by molar-refractivity contribution is -0.128. The van der Waals surface area contributed by atoms with Crippen LogP contribution >= 0.6 is 0 Å². The molecule has 1 N–H and O–H groups in total. The van der Waals surface area contributed by atoms with Gasteiger partial charge in [0.2, 0.25) is 5.91 Å². The molecule has 2 rings (SSSR count). The SMILES string of the molecule is COc1ccc2c(c1)CCN(C(=O)O)C(=O)C2. The second-order valence-corrected chi connectivity index (χ2v) is 3.89. The highest BCUT2D eigenvalue weighted by Crippen LogP contribution is 2.22. The van der Waals surface area contributed by atoms with Crippen molar-refractivity contribution in [3.63, 3.8) is 0 Å². The molecule has 0 spiro atoms. The molecule has 0 bridgehead atoms. The van der Waals surface area contributed by atoms with Crippen LogP contribution in [0.5, 0.6) is 5.75 Å². The minimum absolute atomic E-state index is 0.131. The van der Waals surface area contributed by atoms with Crippen molar-refractivity contribution in [1.29, 1.82) is 0 Å². The molecule has 0 saturated carbocycles. The lowest BCUT2D eigenvalue weighted by atomic mass is 10.0. The Bertz CT molecular complexity index is 470. The highest BCUT2D eigenvalue weighted by Gasteiger charge is 2.25. The molecule has 1 aromatic carbocycles. The molecule has 90 valence electrons. The number of hydrogen-bond donors (Lipinski definition) is 1. The molecule has 17 heavy (non-hydrogen) atoms. The summed E-state index contributed by atoms with van der Waals surface area (Å²) in [4.78, 5) is 23.4. The maximum absolute atomic E-state index is 11.7. The molecule has 1 aromatic rings. The third-order valence-corrected chi connectivity index (χ3v) is 2.89. The zero-order valence-electron chi connectivity index (χ0n) is 9.47. The van der Waals surface area contributed by atoms with Gasteiger partial charge in [-0.05, 0) is 29.7 Å². The van der Waals surface area contributed by atoms with Gasteiger partial charge in [0.25, 0.3) is 0 Å². The number of rotatable bonds is 1. The lowest BCUT2D eigenvalue weighted by Gasteiger charge is -2.13. The van der Waals surface area contributed by atoms with E-state index in [9.17, 15) is 9.59 Å². The maximum Gasteiger partial charge on any atom is 0.414 e. The van der Waals surface area contributed by atoms with Crippen molar-refractivity contribution < 1.29 is 19.4 Å². The van der Waals surface area contributed by atoms with Crippen LogP contribution in [-0.4, -0.2) is 35.7 Å². The standard InChI is InChI=1S/C12H13NO4/c1-17-10-3-2-8-7-11(14)13(12(15)16)5-4-9(8)6-10/h2-3,6H,4-5,7H2,1H3,(H,15,16). The first kappa shape index (κ1) is 11.4. The Hall–Kier alpha value is -2.04. The molecule has 0 unspecified atom stereocenters. The fourth-order valence-electron chi connectivity index (χ4n) is 1.95. The number of ether oxygens (including phenoxy) is 1. The fourth-order valence-corrected chi connectivity index (χ4v) is 1.95. The van der Waals surface area contributed by atoms with Crippen LogP contribution in [0.2, 0.25) is 0 Å². The van der Waals surface area contributed by atoms with Gasteiger partial charge in [-0.25, -0.2) is 9.69 Å². The molecule has 5 heteroatoms. The quantitative estimate of drug-likeness (QED) is 0.796. The molecule has 0 aliphatic carbocycles. The predicted molar refractivity (Wildman–Crippen MR) is 60.1 cm³/mol. The lowest BCUT2D eigenvalue weighted by Crippen LogP contribution is -2.36. The first-order valence-corrected chi connectivity index (χ1v) is 5.31. The van der Waals surface area contributed by atoms with Crippen molar-refractivity contribution in [3.8, 4) is 5.75 Å². The maximum atomic E-state index is 11.7. The van der Waals surface area contributed by atoms with E-state index in [0.29, 0.717) is 6.42 Å². The zero-order valence-corrected chi connectivity index (χ0v) is 9.47. The Morgan fingerprint density at radius 3 is 2.82 bits per heavy atom. The number of fused-ring (bicyclic) bond motifs is 1. The number of imide groups is 1. The van der Waals surface area contributed by atoms with Crippen LogP contribution in [0.15, 0.2) is 18.2 Å². The summed E-state index contributed by atoms with van der Waals surface area (Å²) in [6.45, 7) is 0.203. The molecule has 0 atom stereocenters. The predicted octanol–water partition coefficient (Wildman–Crippen LogP) is 1.30. The Kier molecular flexibility index (Phi) is 2.99. The van der Waals surface area contributed by atoms with E-state index in [1.54, 1.807) is 13.2 Å². The number of hydrogen-bond acceptors (Lipinski definition) is 3. The first-order chi connectivity index (χ1) is 8.11. The monoisotopic (exact) mass is 235 g/mol. The molecule has 0 radical (unpaired) electrons. The van der Waals surface area contributed by atoms with E-state index in [4.69, 9.17) is 9.84 Å². The third-order valence-electron chi connectivity index (χ3n) is 2.89. The van der Waals surface area contributed by atoms with Crippen molar-refractivity contribution in [2.45, 2.75) is 12.8 Å². The third kappa shape index (κ3) is 2.22. The topological polar surface area (TPSA) is 66.8 Å². The van der Waals surface area contributed by atoms with Crippen LogP contribution in [0.25, 0.3) is 0 Å². The van der Waals surface area contributed by atoms with Crippen molar-refractivity contribution in [1.82, 2.24) is 4.90 Å². The van der Waals surface area contributed by atoms with Crippen LogP contribution < -0.4 is 4.74 Å². The van der Waals surface area contributed by atoms with Crippen LogP contribution in [-0.2, 0) is 17.6 Å². The summed E-state index contributed by atoms with van der Waals surface area (Å²) in [7, 11) is 1.58. The number of nitrogens with zero attached hydrogens (tertiary/aromatic N) is 1. The number of benzene rings is 1. The summed E-state index contributed by atoms with van der Waals surface area (Å²) < 4.78 is 5.11. The van der Waals surface area contributed by atoms with Crippen molar-refractivity contribution in [2.24, 2.45) is 0 Å². The van der Waals surface area contributed by atoms with Gasteiger partial charge in [-0.2, -0.15) is 0 Å². The number of amides is 2. The van der Waals surface area contributed by atoms with Gasteiger partial charge < -0.3 is 9.84 Å². The normalized spacial score (nSPS) is 15.1. The van der Waals surface area contributed by atoms with Gasteiger partial charge in [0.15, 0.2) is 0 Å². The fraction of sp³-hybridized carbons (Fsp3) is 0.333. The molecule has 0 saturated heterocycles. The van der Waals surface area contributed by atoms with Gasteiger partial charge in [0.05, 0.1) is 13.5 Å². The Labute approximate surface area is 98.6 Å². The van der Waals surface area contributed by atoms with Crippen LogP contribution in [0.3, 0.4) is 0 Å². The molecular weight excluding hydrogens is 222 g/mol. The summed E-state index contributed by atoms with van der Waals surface area (Å²) in [5.74, 6) is 0.349. The zero-order chi connectivity index (χ0) is 12.4. The highest BCUT2D eigenvalue weighted by molar-refractivity contribution is 5.92. The molecular formula is C12H13NO4. The Morgan fingerprint density at radius 1 is 1.41 bits per heavy atom. The van der Waals surface area contributed by atoms with Crippen LogP contribution in [0.1, 0.15) is 11.1 Å². The van der Waals surface area contributed by atoms with E-state index in [1.807, 2.05) is 12.1 Å². The summed E-state index contributed by atoms with van der Waals surface area (Å²) in [5, 5.41) is 8.89. The van der Waals surface area contributed by atoms with Gasteiger partial charge in [-0.15, -0.1) is 0 Å². The average Bonchev–Trinajstić information content (AvgIpc) is 2.46. The van der Waals surface area contributed by atoms with Gasteiger partial charge in [-0.3, -0.25) is 4.79 Å². The van der Waals surface area contributed by atoms with E-state index in [2.05, 4.69) is 0 Å². The average molecular weight is 235 g/mol. The minimum Gasteiger partial charge on any atom is -0.497 e. The molecule has 0 fully saturated rings. The van der Waals surface area contributed by atoms with Crippen molar-refractivity contribution in [2.75, 3.05) is 13.7 Å². The highest BCUT2D eigenvalue weighted by atomic mass is 16.5. The van der Waals surface area contributed by atoms with Gasteiger partial charge in [0.1, 0.15) is 5.75 Å². The van der Waals surface area contributed by atoms with Gasteiger partial charge >= 0.3 is 6.09 Å². The summed E-state index contributed by atoms with van der Waals surface area (Å²) >= 11 is 0. The van der Waals surface area contributed by atoms with Gasteiger partial charge in [0, 0.05) is 6.54 Å². The minimum atomic E-state index is -1.19. The number of carbonyl (C=O) groups is 2. The largest absolute Gasteiger partial charge is 0.497 e. The van der Waals surface area contributed by atoms with E-state index in [0.717, 1.165) is 21.8 Å². The molecule has 2 amide bonds. The van der Waals surface area contributed by atoms with E-state index in [1.165, 1.54) is 0 Å². The number of carboxylic acid groups (broad SMARTS) is 1. The Morgan fingerprint density at radius 2 is 2.18 bits per heavy atom. The van der Waals surface area contributed by atoms with Crippen molar-refractivity contribution >= 4 is 12.0 Å². The van der Waals surface area contributed by atoms with E-state index >= 15 is 0 Å². The van der Waals surface area contributed by atoms with Crippen molar-refractivity contribution in [3.05, 3.63) is 29.3 Å². The smallest absolute Gasteiger partial charge is 0.414 e. The molecule has 0 aromatic heterocycles. The number of methoxy groups -OCH3 is 1. The van der Waals surface area contributed by atoms with Crippen LogP contribution in [0, 0.1) is 0 Å². The number of carbonyl (C=O) groups excluding carboxylic acids is 1.